The van der Waals surface area contributed by atoms with E-state index in [1.165, 1.54) is 22.3 Å². The topological polar surface area (TPSA) is 63.3 Å². The zero-order valence-electron chi connectivity index (χ0n) is 11.9. The zero-order chi connectivity index (χ0) is 14.1. The van der Waals surface area contributed by atoms with Crippen molar-refractivity contribution in [1.82, 2.24) is 0 Å². The first kappa shape index (κ1) is 14.7. The third-order valence-electron chi connectivity index (χ3n) is 3.45. The Kier molecular flexibility index (Phi) is 4.17. The number of hydrogen-bond donors (Lipinski definition) is 2. The fourth-order valence-electron chi connectivity index (χ4n) is 2.79. The van der Waals surface area contributed by atoms with Gasteiger partial charge in [0.25, 0.3) is 0 Å². The first-order chi connectivity index (χ1) is 8.15. The Bertz CT molecular complexity index is 441. The minimum Gasteiger partial charge on any atom is -0.480 e. The molecule has 0 bridgehead atoms. The molecule has 1 rings (SSSR count). The van der Waals surface area contributed by atoms with Crippen LogP contribution in [0.15, 0.2) is 12.1 Å². The van der Waals surface area contributed by atoms with Crippen LogP contribution >= 0.6 is 0 Å². The van der Waals surface area contributed by atoms with Crippen molar-refractivity contribution in [1.29, 1.82) is 0 Å². The molecule has 0 aliphatic carbocycles. The van der Waals surface area contributed by atoms with E-state index in [0.29, 0.717) is 6.42 Å². The molecular formula is C15H23NO2. The minimum absolute atomic E-state index is 0.136. The van der Waals surface area contributed by atoms with Gasteiger partial charge in [-0.15, -0.1) is 0 Å². The summed E-state index contributed by atoms with van der Waals surface area (Å²) in [7, 11) is 0. The van der Waals surface area contributed by atoms with Crippen molar-refractivity contribution in [2.24, 2.45) is 5.73 Å². The van der Waals surface area contributed by atoms with Gasteiger partial charge in [0.2, 0.25) is 0 Å². The number of aryl methyl sites for hydroxylation is 3. The van der Waals surface area contributed by atoms with Crippen molar-refractivity contribution in [2.45, 2.75) is 52.5 Å². The first-order valence-electron chi connectivity index (χ1n) is 6.25. The average molecular weight is 249 g/mol. The van der Waals surface area contributed by atoms with E-state index >= 15 is 0 Å². The lowest BCUT2D eigenvalue weighted by atomic mass is 9.82. The van der Waals surface area contributed by atoms with Crippen molar-refractivity contribution < 1.29 is 9.90 Å². The van der Waals surface area contributed by atoms with E-state index in [-0.39, 0.29) is 5.92 Å². The SMILES string of the molecule is Cc1cc(C)c(C(C)CC(C)(N)C(=O)O)c(C)c1. The Balaban J connectivity index is 3.05. The molecule has 1 aromatic rings. The number of carbonyl (C=O) groups is 1. The standard InChI is InChI=1S/C15H23NO2/c1-9-6-10(2)13(11(3)7-9)12(4)8-15(5,16)14(17)18/h6-7,12H,8,16H2,1-5H3,(H,17,18). The molecule has 0 spiro atoms. The molecule has 0 saturated carbocycles. The maximum atomic E-state index is 11.1. The number of benzene rings is 1. The molecule has 0 aliphatic rings. The second-order valence-electron chi connectivity index (χ2n) is 5.64. The van der Waals surface area contributed by atoms with Gasteiger partial charge in [-0.05, 0) is 56.7 Å². The molecule has 0 amide bonds. The zero-order valence-corrected chi connectivity index (χ0v) is 11.9. The Morgan fingerprint density at radius 1 is 1.33 bits per heavy atom. The summed E-state index contributed by atoms with van der Waals surface area (Å²) in [6.07, 6.45) is 0.438. The van der Waals surface area contributed by atoms with Crippen LogP contribution in [0.4, 0.5) is 0 Å². The molecule has 3 N–H and O–H groups in total. The summed E-state index contributed by atoms with van der Waals surface area (Å²) in [4.78, 5) is 11.1. The highest BCUT2D eigenvalue weighted by molar-refractivity contribution is 5.78. The van der Waals surface area contributed by atoms with E-state index < -0.39 is 11.5 Å². The Morgan fingerprint density at radius 3 is 2.17 bits per heavy atom. The van der Waals surface area contributed by atoms with Gasteiger partial charge in [-0.1, -0.05) is 24.6 Å². The molecule has 0 heterocycles. The Hall–Kier alpha value is -1.35. The van der Waals surface area contributed by atoms with E-state index in [4.69, 9.17) is 10.8 Å². The van der Waals surface area contributed by atoms with Gasteiger partial charge in [-0.3, -0.25) is 4.79 Å². The van der Waals surface area contributed by atoms with Gasteiger partial charge >= 0.3 is 5.97 Å². The van der Waals surface area contributed by atoms with E-state index in [1.807, 2.05) is 6.92 Å². The Labute approximate surface area is 109 Å². The van der Waals surface area contributed by atoms with Crippen LogP contribution in [0.5, 0.6) is 0 Å². The molecule has 0 fully saturated rings. The minimum atomic E-state index is -1.18. The van der Waals surface area contributed by atoms with Crippen molar-refractivity contribution >= 4 is 5.97 Å². The average Bonchev–Trinajstić information content (AvgIpc) is 2.13. The van der Waals surface area contributed by atoms with Crippen molar-refractivity contribution in [2.75, 3.05) is 0 Å². The molecule has 0 aliphatic heterocycles. The van der Waals surface area contributed by atoms with Crippen LogP contribution < -0.4 is 5.73 Å². The van der Waals surface area contributed by atoms with Crippen LogP contribution in [0.2, 0.25) is 0 Å². The van der Waals surface area contributed by atoms with Gasteiger partial charge in [-0.2, -0.15) is 0 Å². The normalized spacial score (nSPS) is 16.1. The predicted molar refractivity (Wildman–Crippen MR) is 73.9 cm³/mol. The van der Waals surface area contributed by atoms with Crippen LogP contribution in [0.3, 0.4) is 0 Å². The monoisotopic (exact) mass is 249 g/mol. The van der Waals surface area contributed by atoms with Crippen LogP contribution in [-0.2, 0) is 4.79 Å². The molecule has 2 unspecified atom stereocenters. The molecule has 0 saturated heterocycles. The third kappa shape index (κ3) is 3.10. The quantitative estimate of drug-likeness (QED) is 0.862. The number of nitrogens with two attached hydrogens (primary N) is 1. The molecule has 0 radical (unpaired) electrons. The summed E-state index contributed by atoms with van der Waals surface area (Å²) in [5, 5.41) is 9.09. The van der Waals surface area contributed by atoms with E-state index in [0.717, 1.165) is 0 Å². The lowest BCUT2D eigenvalue weighted by Crippen LogP contribution is -2.45. The highest BCUT2D eigenvalue weighted by Crippen LogP contribution is 2.30. The largest absolute Gasteiger partial charge is 0.480 e. The van der Waals surface area contributed by atoms with Gasteiger partial charge in [0, 0.05) is 0 Å². The molecule has 2 atom stereocenters. The van der Waals surface area contributed by atoms with Gasteiger partial charge < -0.3 is 10.8 Å². The predicted octanol–water partition coefficient (Wildman–Crippen LogP) is 2.91. The number of carboxylic acids is 1. The first-order valence-corrected chi connectivity index (χ1v) is 6.25. The fourth-order valence-corrected chi connectivity index (χ4v) is 2.79. The lowest BCUT2D eigenvalue weighted by Gasteiger charge is -2.26. The third-order valence-corrected chi connectivity index (χ3v) is 3.45. The molecule has 3 heteroatoms. The fraction of sp³-hybridized carbons (Fsp3) is 0.533. The summed E-state index contributed by atoms with van der Waals surface area (Å²) < 4.78 is 0. The number of aliphatic carboxylic acids is 1. The summed E-state index contributed by atoms with van der Waals surface area (Å²) >= 11 is 0. The van der Waals surface area contributed by atoms with Gasteiger partial charge in [-0.25, -0.2) is 0 Å². The summed E-state index contributed by atoms with van der Waals surface area (Å²) in [6.45, 7) is 9.82. The second kappa shape index (κ2) is 5.11. The molecule has 3 nitrogen and oxygen atoms in total. The van der Waals surface area contributed by atoms with Crippen molar-refractivity contribution in [3.05, 3.63) is 34.4 Å². The Morgan fingerprint density at radius 2 is 1.78 bits per heavy atom. The summed E-state index contributed by atoms with van der Waals surface area (Å²) in [5.41, 5.74) is 9.52. The van der Waals surface area contributed by atoms with Crippen molar-refractivity contribution in [3.8, 4) is 0 Å². The number of rotatable bonds is 4. The van der Waals surface area contributed by atoms with E-state index in [1.54, 1.807) is 6.92 Å². The molecular weight excluding hydrogens is 226 g/mol. The molecule has 18 heavy (non-hydrogen) atoms. The van der Waals surface area contributed by atoms with Gasteiger partial charge in [0.1, 0.15) is 5.54 Å². The second-order valence-corrected chi connectivity index (χ2v) is 5.64. The number of carboxylic acid groups (broad SMARTS) is 1. The summed E-state index contributed by atoms with van der Waals surface area (Å²) in [6, 6.07) is 4.26. The van der Waals surface area contributed by atoms with Crippen LogP contribution in [-0.4, -0.2) is 16.6 Å². The van der Waals surface area contributed by atoms with Crippen molar-refractivity contribution in [3.63, 3.8) is 0 Å². The van der Waals surface area contributed by atoms with E-state index in [9.17, 15) is 4.79 Å². The van der Waals surface area contributed by atoms with Crippen LogP contribution in [0.1, 0.15) is 48.4 Å². The summed E-state index contributed by atoms with van der Waals surface area (Å²) in [5.74, 6) is -0.812. The van der Waals surface area contributed by atoms with Crippen LogP contribution in [0.25, 0.3) is 0 Å². The van der Waals surface area contributed by atoms with Gasteiger partial charge in [0.05, 0.1) is 0 Å². The maximum absolute atomic E-state index is 11.1. The maximum Gasteiger partial charge on any atom is 0.323 e. The molecule has 1 aromatic carbocycles. The molecule has 0 aromatic heterocycles. The van der Waals surface area contributed by atoms with Gasteiger partial charge in [0.15, 0.2) is 0 Å². The lowest BCUT2D eigenvalue weighted by molar-refractivity contribution is -0.143. The van der Waals surface area contributed by atoms with E-state index in [2.05, 4.69) is 32.9 Å². The smallest absolute Gasteiger partial charge is 0.323 e. The van der Waals surface area contributed by atoms with Crippen LogP contribution in [0, 0.1) is 20.8 Å². The highest BCUT2D eigenvalue weighted by atomic mass is 16.4. The highest BCUT2D eigenvalue weighted by Gasteiger charge is 2.31. The number of hydrogen-bond acceptors (Lipinski definition) is 2. The molecule has 100 valence electrons.